The Morgan fingerprint density at radius 3 is 2.24 bits per heavy atom. The molecule has 120 valence electrons. The molecule has 0 spiro atoms. The van der Waals surface area contributed by atoms with Crippen molar-refractivity contribution in [3.8, 4) is 0 Å². The van der Waals surface area contributed by atoms with Gasteiger partial charge in [-0.25, -0.2) is 13.2 Å². The maximum Gasteiger partial charge on any atom is 0.161 e. The Kier molecular flexibility index (Phi) is 7.18. The summed E-state index contributed by atoms with van der Waals surface area (Å²) in [7, 11) is 0. The summed E-state index contributed by atoms with van der Waals surface area (Å²) in [6.07, 6.45) is 2.84. The highest BCUT2D eigenvalue weighted by Crippen LogP contribution is 2.27. The van der Waals surface area contributed by atoms with Crippen LogP contribution in [0.1, 0.15) is 51.6 Å². The van der Waals surface area contributed by atoms with Crippen LogP contribution in [0, 0.1) is 17.5 Å². The van der Waals surface area contributed by atoms with E-state index in [1.807, 2.05) is 13.8 Å². The number of hydrogen-bond acceptors (Lipinski definition) is 2. The average Bonchev–Trinajstić information content (AvgIpc) is 2.47. The first kappa shape index (κ1) is 18.0. The van der Waals surface area contributed by atoms with Crippen molar-refractivity contribution in [2.45, 2.75) is 52.1 Å². The number of benzene rings is 1. The zero-order valence-corrected chi connectivity index (χ0v) is 13.0. The van der Waals surface area contributed by atoms with Crippen LogP contribution in [-0.2, 0) is 0 Å². The third-order valence-corrected chi connectivity index (χ3v) is 3.95. The lowest BCUT2D eigenvalue weighted by molar-refractivity contribution is 0.138. The molecule has 2 N–H and O–H groups in total. The molecule has 0 bridgehead atoms. The van der Waals surface area contributed by atoms with E-state index in [0.717, 1.165) is 31.9 Å². The Hall–Kier alpha value is -1.07. The first-order valence-electron chi connectivity index (χ1n) is 7.56. The molecule has 21 heavy (non-hydrogen) atoms. The zero-order chi connectivity index (χ0) is 16.0. The topological polar surface area (TPSA) is 29.3 Å². The van der Waals surface area contributed by atoms with E-state index in [0.29, 0.717) is 6.07 Å². The van der Waals surface area contributed by atoms with Crippen LogP contribution >= 0.6 is 0 Å². The molecule has 0 amide bonds. The van der Waals surface area contributed by atoms with Crippen molar-refractivity contribution in [2.75, 3.05) is 13.1 Å². The second-order valence-corrected chi connectivity index (χ2v) is 5.39. The minimum absolute atomic E-state index is 0.132. The highest BCUT2D eigenvalue weighted by molar-refractivity contribution is 5.24. The summed E-state index contributed by atoms with van der Waals surface area (Å²) in [6, 6.07) is 1.28. The SMILES string of the molecule is CCCCN(C(C)CC)C(CN)c1cc(F)c(F)cc1F. The lowest BCUT2D eigenvalue weighted by Gasteiger charge is -2.36. The van der Waals surface area contributed by atoms with Gasteiger partial charge < -0.3 is 5.73 Å². The van der Waals surface area contributed by atoms with Crippen LogP contribution in [0.15, 0.2) is 12.1 Å². The molecule has 0 fully saturated rings. The lowest BCUT2D eigenvalue weighted by Crippen LogP contribution is -2.41. The minimum Gasteiger partial charge on any atom is -0.329 e. The molecule has 5 heteroatoms. The third-order valence-electron chi connectivity index (χ3n) is 3.95. The second kappa shape index (κ2) is 8.39. The van der Waals surface area contributed by atoms with Crippen LogP contribution in [0.2, 0.25) is 0 Å². The normalized spacial score (nSPS) is 14.5. The van der Waals surface area contributed by atoms with Gasteiger partial charge in [-0.1, -0.05) is 20.3 Å². The molecule has 2 unspecified atom stereocenters. The molecule has 1 aromatic carbocycles. The van der Waals surface area contributed by atoms with Crippen LogP contribution in [0.4, 0.5) is 13.2 Å². The van der Waals surface area contributed by atoms with Crippen LogP contribution in [0.3, 0.4) is 0 Å². The number of nitrogens with two attached hydrogens (primary N) is 1. The summed E-state index contributed by atoms with van der Waals surface area (Å²) >= 11 is 0. The smallest absolute Gasteiger partial charge is 0.161 e. The number of halogens is 3. The average molecular weight is 302 g/mol. The van der Waals surface area contributed by atoms with Gasteiger partial charge in [0.05, 0.1) is 6.04 Å². The largest absolute Gasteiger partial charge is 0.329 e. The summed E-state index contributed by atoms with van der Waals surface area (Å²) in [5.74, 6) is -2.95. The fraction of sp³-hybridized carbons (Fsp3) is 0.625. The van der Waals surface area contributed by atoms with Gasteiger partial charge in [0.15, 0.2) is 11.6 Å². The van der Waals surface area contributed by atoms with Crippen molar-refractivity contribution >= 4 is 0 Å². The highest BCUT2D eigenvalue weighted by atomic mass is 19.2. The molecule has 0 radical (unpaired) electrons. The predicted molar refractivity (Wildman–Crippen MR) is 79.5 cm³/mol. The highest BCUT2D eigenvalue weighted by Gasteiger charge is 2.26. The summed E-state index contributed by atoms with van der Waals surface area (Å²) < 4.78 is 40.6. The number of unbranched alkanes of at least 4 members (excludes halogenated alkanes) is 1. The van der Waals surface area contributed by atoms with Gasteiger partial charge in [-0.2, -0.15) is 0 Å². The van der Waals surface area contributed by atoms with E-state index in [4.69, 9.17) is 5.73 Å². The van der Waals surface area contributed by atoms with Crippen molar-refractivity contribution in [1.82, 2.24) is 4.90 Å². The monoisotopic (exact) mass is 302 g/mol. The van der Waals surface area contributed by atoms with E-state index >= 15 is 0 Å². The van der Waals surface area contributed by atoms with Gasteiger partial charge >= 0.3 is 0 Å². The first-order valence-corrected chi connectivity index (χ1v) is 7.56. The maximum absolute atomic E-state index is 14.0. The van der Waals surface area contributed by atoms with Crippen LogP contribution in [0.25, 0.3) is 0 Å². The molecule has 0 aliphatic rings. The van der Waals surface area contributed by atoms with E-state index in [9.17, 15) is 13.2 Å². The fourth-order valence-corrected chi connectivity index (χ4v) is 2.49. The summed E-state index contributed by atoms with van der Waals surface area (Å²) in [6.45, 7) is 7.07. The molecule has 1 aromatic rings. The van der Waals surface area contributed by atoms with E-state index in [1.54, 1.807) is 0 Å². The van der Waals surface area contributed by atoms with Crippen LogP contribution in [-0.4, -0.2) is 24.0 Å². The molecule has 0 aromatic heterocycles. The minimum atomic E-state index is -1.17. The third kappa shape index (κ3) is 4.45. The standard InChI is InChI=1S/C16H25F3N2/c1-4-6-7-21(11(3)5-2)16(10-20)12-8-14(18)15(19)9-13(12)17/h8-9,11,16H,4-7,10,20H2,1-3H3. The summed E-state index contributed by atoms with van der Waals surface area (Å²) in [4.78, 5) is 2.08. The van der Waals surface area contributed by atoms with Crippen molar-refractivity contribution in [3.63, 3.8) is 0 Å². The lowest BCUT2D eigenvalue weighted by atomic mass is 10.0. The van der Waals surface area contributed by atoms with E-state index in [2.05, 4.69) is 11.8 Å². The van der Waals surface area contributed by atoms with Crippen molar-refractivity contribution in [3.05, 3.63) is 35.1 Å². The molecular formula is C16H25F3N2. The van der Waals surface area contributed by atoms with Gasteiger partial charge in [-0.15, -0.1) is 0 Å². The number of hydrogen-bond donors (Lipinski definition) is 1. The van der Waals surface area contributed by atoms with Gasteiger partial charge in [-0.3, -0.25) is 4.90 Å². The van der Waals surface area contributed by atoms with Crippen molar-refractivity contribution < 1.29 is 13.2 Å². The Balaban J connectivity index is 3.15. The van der Waals surface area contributed by atoms with Gasteiger partial charge in [0.25, 0.3) is 0 Å². The number of rotatable bonds is 8. The molecule has 2 atom stereocenters. The van der Waals surface area contributed by atoms with Gasteiger partial charge in [-0.05, 0) is 32.4 Å². The van der Waals surface area contributed by atoms with E-state index in [-0.39, 0.29) is 18.2 Å². The summed E-state index contributed by atoms with van der Waals surface area (Å²) in [5.41, 5.74) is 5.93. The van der Waals surface area contributed by atoms with E-state index < -0.39 is 23.5 Å². The first-order chi connectivity index (χ1) is 9.96. The van der Waals surface area contributed by atoms with Crippen molar-refractivity contribution in [1.29, 1.82) is 0 Å². The van der Waals surface area contributed by atoms with Crippen molar-refractivity contribution in [2.24, 2.45) is 5.73 Å². The molecule has 1 rings (SSSR count). The maximum atomic E-state index is 14.0. The van der Waals surface area contributed by atoms with Gasteiger partial charge in [0.1, 0.15) is 5.82 Å². The molecular weight excluding hydrogens is 277 g/mol. The Morgan fingerprint density at radius 1 is 1.10 bits per heavy atom. The molecule has 0 saturated heterocycles. The van der Waals surface area contributed by atoms with E-state index in [1.165, 1.54) is 0 Å². The molecule has 0 saturated carbocycles. The predicted octanol–water partition coefficient (Wildman–Crippen LogP) is 4.00. The molecule has 0 aliphatic heterocycles. The quantitative estimate of drug-likeness (QED) is 0.735. The molecule has 2 nitrogen and oxygen atoms in total. The molecule has 0 aliphatic carbocycles. The summed E-state index contributed by atoms with van der Waals surface area (Å²) in [5, 5.41) is 0. The fourth-order valence-electron chi connectivity index (χ4n) is 2.49. The Labute approximate surface area is 125 Å². The second-order valence-electron chi connectivity index (χ2n) is 5.39. The van der Waals surface area contributed by atoms with Gasteiger partial charge in [0, 0.05) is 24.2 Å². The number of nitrogens with zero attached hydrogens (tertiary/aromatic N) is 1. The Bertz CT molecular complexity index is 451. The van der Waals surface area contributed by atoms with Crippen LogP contribution in [0.5, 0.6) is 0 Å². The van der Waals surface area contributed by atoms with Crippen LogP contribution < -0.4 is 5.73 Å². The Morgan fingerprint density at radius 2 is 1.71 bits per heavy atom. The van der Waals surface area contributed by atoms with Gasteiger partial charge in [0.2, 0.25) is 0 Å². The zero-order valence-electron chi connectivity index (χ0n) is 13.0. The molecule has 0 heterocycles.